The number of hydrogen-bond acceptors (Lipinski definition) is 6. The number of nitrogens with one attached hydrogen (secondary N) is 1. The van der Waals surface area contributed by atoms with Crippen LogP contribution in [0.4, 0.5) is 4.79 Å². The molecule has 11 heteroatoms. The summed E-state index contributed by atoms with van der Waals surface area (Å²) in [6, 6.07) is 12.3. The Morgan fingerprint density at radius 2 is 1.94 bits per heavy atom. The summed E-state index contributed by atoms with van der Waals surface area (Å²) in [5, 5.41) is 13.0. The Balaban J connectivity index is 1.63. The molecule has 8 nitrogen and oxygen atoms in total. The van der Waals surface area contributed by atoms with Crippen molar-refractivity contribution in [2.45, 2.75) is 11.6 Å². The molecule has 0 unspecified atom stereocenters. The second-order valence-corrected chi connectivity index (χ2v) is 8.81. The van der Waals surface area contributed by atoms with Crippen LogP contribution in [0.25, 0.3) is 17.1 Å². The van der Waals surface area contributed by atoms with Gasteiger partial charge in [-0.2, -0.15) is 0 Å². The van der Waals surface area contributed by atoms with Gasteiger partial charge in [-0.1, -0.05) is 47.1 Å². The molecule has 1 saturated heterocycles. The van der Waals surface area contributed by atoms with Crippen molar-refractivity contribution in [1.82, 2.24) is 25.0 Å². The van der Waals surface area contributed by atoms with Crippen LogP contribution in [0, 0.1) is 0 Å². The summed E-state index contributed by atoms with van der Waals surface area (Å²) in [6.45, 7) is 0.394. The van der Waals surface area contributed by atoms with E-state index >= 15 is 0 Å². The first-order valence-electron chi connectivity index (χ1n) is 9.74. The maximum absolute atomic E-state index is 11.8. The van der Waals surface area contributed by atoms with E-state index in [1.165, 1.54) is 16.7 Å². The quantitative estimate of drug-likeness (QED) is 0.287. The third-order valence-electron chi connectivity index (χ3n) is 4.79. The first kappa shape index (κ1) is 22.4. The third-order valence-corrected chi connectivity index (χ3v) is 6.28. The Hall–Kier alpha value is -2.75. The lowest BCUT2D eigenvalue weighted by molar-refractivity contribution is -0.124. The summed E-state index contributed by atoms with van der Waals surface area (Å²) < 4.78 is 7.42. The molecule has 166 valence electrons. The first-order valence-corrected chi connectivity index (χ1v) is 11.5. The van der Waals surface area contributed by atoms with Crippen LogP contribution in [-0.2, 0) is 4.79 Å². The molecule has 3 aromatic rings. The van der Waals surface area contributed by atoms with Crippen molar-refractivity contribution in [3.05, 3.63) is 52.5 Å². The molecule has 1 aromatic heterocycles. The van der Waals surface area contributed by atoms with E-state index in [4.69, 9.17) is 27.9 Å². The van der Waals surface area contributed by atoms with Crippen LogP contribution in [0.1, 0.15) is 6.42 Å². The van der Waals surface area contributed by atoms with Gasteiger partial charge in [-0.25, -0.2) is 4.79 Å². The minimum absolute atomic E-state index is 0.0534. The summed E-state index contributed by atoms with van der Waals surface area (Å²) in [4.78, 5) is 24.7. The molecule has 0 bridgehead atoms. The molecule has 0 aliphatic carbocycles. The zero-order chi connectivity index (χ0) is 22.7. The number of halogens is 2. The van der Waals surface area contributed by atoms with Crippen molar-refractivity contribution in [2.24, 2.45) is 0 Å². The predicted octanol–water partition coefficient (Wildman–Crippen LogP) is 4.28. The van der Waals surface area contributed by atoms with Crippen molar-refractivity contribution in [1.29, 1.82) is 0 Å². The highest BCUT2D eigenvalue weighted by atomic mass is 35.5. The minimum Gasteiger partial charge on any atom is -0.495 e. The number of nitrogens with zero attached hydrogens (tertiary/aromatic N) is 4. The second kappa shape index (κ2) is 9.81. The molecule has 0 saturated carbocycles. The lowest BCUT2D eigenvalue weighted by Crippen LogP contribution is -2.32. The molecule has 32 heavy (non-hydrogen) atoms. The highest BCUT2D eigenvalue weighted by Crippen LogP contribution is 2.35. The zero-order valence-electron chi connectivity index (χ0n) is 17.0. The number of amides is 3. The van der Waals surface area contributed by atoms with Crippen LogP contribution in [0.5, 0.6) is 5.75 Å². The number of methoxy groups -OCH3 is 1. The molecular formula is C21H19Cl2N5O3S. The Bertz CT molecular complexity index is 1150. The summed E-state index contributed by atoms with van der Waals surface area (Å²) in [5.74, 6) is 1.60. The van der Waals surface area contributed by atoms with E-state index in [1.54, 1.807) is 31.4 Å². The number of aromatic nitrogens is 3. The van der Waals surface area contributed by atoms with E-state index in [9.17, 15) is 9.59 Å². The average molecular weight is 492 g/mol. The number of hydrogen-bond donors (Lipinski definition) is 1. The normalized spacial score (nSPS) is 13.5. The monoisotopic (exact) mass is 491 g/mol. The van der Waals surface area contributed by atoms with E-state index in [0.29, 0.717) is 51.2 Å². The standard InChI is InChI=1S/C21H19Cl2N5O3S/c1-31-17-7-6-15(23)11-16(17)28-19(13-4-2-5-14(22)10-13)25-26-21(28)32-9-3-8-27-18(29)12-24-20(27)30/h2,4-7,10-11H,3,8-9,12H2,1H3,(H,24,30). The van der Waals surface area contributed by atoms with E-state index in [-0.39, 0.29) is 18.5 Å². The van der Waals surface area contributed by atoms with Crippen molar-refractivity contribution < 1.29 is 14.3 Å². The summed E-state index contributed by atoms with van der Waals surface area (Å²) >= 11 is 13.9. The zero-order valence-corrected chi connectivity index (χ0v) is 19.4. The van der Waals surface area contributed by atoms with Crippen LogP contribution < -0.4 is 10.1 Å². The lowest BCUT2D eigenvalue weighted by atomic mass is 10.2. The molecule has 4 rings (SSSR count). The van der Waals surface area contributed by atoms with Gasteiger partial charge >= 0.3 is 6.03 Å². The number of ether oxygens (including phenoxy) is 1. The summed E-state index contributed by atoms with van der Waals surface area (Å²) in [7, 11) is 1.58. The number of thioether (sulfide) groups is 1. The molecule has 1 aliphatic heterocycles. The maximum atomic E-state index is 11.8. The SMILES string of the molecule is COc1ccc(Cl)cc1-n1c(SCCCN2C(=O)CNC2=O)nnc1-c1cccc(Cl)c1. The molecule has 1 aliphatic rings. The van der Waals surface area contributed by atoms with Gasteiger partial charge in [-0.05, 0) is 36.8 Å². The molecule has 0 radical (unpaired) electrons. The Labute approximate surface area is 198 Å². The molecule has 3 amide bonds. The fourth-order valence-electron chi connectivity index (χ4n) is 3.30. The first-order chi connectivity index (χ1) is 15.5. The van der Waals surface area contributed by atoms with Gasteiger partial charge in [0.05, 0.1) is 19.3 Å². The molecule has 1 N–H and O–H groups in total. The molecule has 2 heterocycles. The maximum Gasteiger partial charge on any atom is 0.324 e. The number of urea groups is 1. The number of carbonyl (C=O) groups is 2. The Morgan fingerprint density at radius 1 is 1.12 bits per heavy atom. The van der Waals surface area contributed by atoms with Crippen molar-refractivity contribution in [3.8, 4) is 22.8 Å². The van der Waals surface area contributed by atoms with Gasteiger partial charge in [-0.15, -0.1) is 10.2 Å². The van der Waals surface area contributed by atoms with Crippen molar-refractivity contribution >= 4 is 46.9 Å². The summed E-state index contributed by atoms with van der Waals surface area (Å²) in [5.41, 5.74) is 1.48. The highest BCUT2D eigenvalue weighted by Gasteiger charge is 2.27. The van der Waals surface area contributed by atoms with Gasteiger partial charge < -0.3 is 10.1 Å². The molecule has 0 spiro atoms. The summed E-state index contributed by atoms with van der Waals surface area (Å²) in [6.07, 6.45) is 0.607. The number of carbonyl (C=O) groups excluding carboxylic acids is 2. The van der Waals surface area contributed by atoms with Crippen LogP contribution in [-0.4, -0.2) is 57.6 Å². The number of imide groups is 1. The van der Waals surface area contributed by atoms with E-state index < -0.39 is 0 Å². The van der Waals surface area contributed by atoms with Crippen LogP contribution in [0.15, 0.2) is 47.6 Å². The van der Waals surface area contributed by atoms with Gasteiger partial charge in [0.1, 0.15) is 5.75 Å². The number of rotatable bonds is 8. The van der Waals surface area contributed by atoms with Crippen molar-refractivity contribution in [2.75, 3.05) is 26.0 Å². The number of benzene rings is 2. The Kier molecular flexibility index (Phi) is 6.88. The van der Waals surface area contributed by atoms with Gasteiger partial charge in [0.25, 0.3) is 0 Å². The highest BCUT2D eigenvalue weighted by molar-refractivity contribution is 7.99. The second-order valence-electron chi connectivity index (χ2n) is 6.87. The molecule has 0 atom stereocenters. The van der Waals surface area contributed by atoms with Gasteiger partial charge in [-0.3, -0.25) is 14.3 Å². The molecular weight excluding hydrogens is 473 g/mol. The smallest absolute Gasteiger partial charge is 0.324 e. The lowest BCUT2D eigenvalue weighted by Gasteiger charge is -2.15. The fraction of sp³-hybridized carbons (Fsp3) is 0.238. The van der Waals surface area contributed by atoms with Gasteiger partial charge in [0, 0.05) is 27.9 Å². The minimum atomic E-state index is -0.352. The van der Waals surface area contributed by atoms with E-state index in [2.05, 4.69) is 15.5 Å². The molecule has 1 fully saturated rings. The Morgan fingerprint density at radius 3 is 2.66 bits per heavy atom. The van der Waals surface area contributed by atoms with Crippen LogP contribution in [0.3, 0.4) is 0 Å². The topological polar surface area (TPSA) is 89.4 Å². The fourth-order valence-corrected chi connectivity index (χ4v) is 4.53. The average Bonchev–Trinajstić information content (AvgIpc) is 3.34. The molecule has 2 aromatic carbocycles. The van der Waals surface area contributed by atoms with Crippen LogP contribution in [0.2, 0.25) is 10.0 Å². The van der Waals surface area contributed by atoms with E-state index in [1.807, 2.05) is 22.8 Å². The third kappa shape index (κ3) is 4.69. The van der Waals surface area contributed by atoms with Gasteiger partial charge in [0.2, 0.25) is 5.91 Å². The van der Waals surface area contributed by atoms with E-state index in [0.717, 1.165) is 5.56 Å². The largest absolute Gasteiger partial charge is 0.495 e. The predicted molar refractivity (Wildman–Crippen MR) is 124 cm³/mol. The van der Waals surface area contributed by atoms with Crippen molar-refractivity contribution in [3.63, 3.8) is 0 Å². The van der Waals surface area contributed by atoms with Crippen LogP contribution >= 0.6 is 35.0 Å². The van der Waals surface area contributed by atoms with Gasteiger partial charge in [0.15, 0.2) is 11.0 Å².